The van der Waals surface area contributed by atoms with Gasteiger partial charge in [-0.3, -0.25) is 4.99 Å². The number of nitrogens with zero attached hydrogens (tertiary/aromatic N) is 2. The van der Waals surface area contributed by atoms with Crippen LogP contribution in [0.5, 0.6) is 0 Å². The van der Waals surface area contributed by atoms with Gasteiger partial charge in [0, 0.05) is 15.6 Å². The molecular formula is C11H8BrClN2. The Labute approximate surface area is 102 Å². The number of rotatable bonds is 2. The van der Waals surface area contributed by atoms with Crippen molar-refractivity contribution in [2.75, 3.05) is 0 Å². The van der Waals surface area contributed by atoms with Gasteiger partial charge in [0.1, 0.15) is 0 Å². The number of aliphatic imine (C=N–C) groups is 1. The summed E-state index contributed by atoms with van der Waals surface area (Å²) in [4.78, 5) is 3.85. The van der Waals surface area contributed by atoms with Crippen molar-refractivity contribution in [3.8, 4) is 6.07 Å². The number of hydrogen-bond acceptors (Lipinski definition) is 2. The van der Waals surface area contributed by atoms with Crippen LogP contribution in [0, 0.1) is 11.3 Å². The highest BCUT2D eigenvalue weighted by atomic mass is 79.9. The van der Waals surface area contributed by atoms with Gasteiger partial charge in [0.05, 0.1) is 16.8 Å². The van der Waals surface area contributed by atoms with Crippen molar-refractivity contribution < 1.29 is 0 Å². The predicted octanol–water partition coefficient (Wildman–Crippen LogP) is 4.27. The molecule has 1 rings (SSSR count). The van der Waals surface area contributed by atoms with E-state index in [1.54, 1.807) is 13.0 Å². The molecule has 0 heterocycles. The van der Waals surface area contributed by atoms with E-state index in [9.17, 15) is 0 Å². The molecule has 0 aromatic heterocycles. The third-order valence-electron chi connectivity index (χ3n) is 1.86. The Morgan fingerprint density at radius 1 is 1.60 bits per heavy atom. The van der Waals surface area contributed by atoms with Gasteiger partial charge in [-0.2, -0.15) is 5.26 Å². The van der Waals surface area contributed by atoms with Gasteiger partial charge in [0.25, 0.3) is 0 Å². The van der Waals surface area contributed by atoms with Crippen molar-refractivity contribution in [2.24, 2.45) is 4.99 Å². The summed E-state index contributed by atoms with van der Waals surface area (Å²) in [5, 5.41) is 9.15. The number of benzene rings is 1. The lowest BCUT2D eigenvalue weighted by Gasteiger charge is -2.05. The van der Waals surface area contributed by atoms with Gasteiger partial charge in [0.2, 0.25) is 0 Å². The molecule has 0 aliphatic heterocycles. The van der Waals surface area contributed by atoms with E-state index in [0.29, 0.717) is 21.9 Å². The maximum absolute atomic E-state index is 8.75. The standard InChI is InChI=1S/C11H8BrClN2/c1-7(6-14)11(13)9-5-8(12)3-4-10(9)15-2/h3-5H,2H2,1H3/b11-7-. The summed E-state index contributed by atoms with van der Waals surface area (Å²) < 4.78 is 0.883. The Morgan fingerprint density at radius 3 is 2.80 bits per heavy atom. The van der Waals surface area contributed by atoms with Crippen molar-refractivity contribution in [3.63, 3.8) is 0 Å². The minimum Gasteiger partial charge on any atom is -0.264 e. The van der Waals surface area contributed by atoms with Crippen LogP contribution in [0.2, 0.25) is 0 Å². The molecule has 1 aromatic carbocycles. The third kappa shape index (κ3) is 2.68. The monoisotopic (exact) mass is 282 g/mol. The van der Waals surface area contributed by atoms with Crippen molar-refractivity contribution in [3.05, 3.63) is 33.8 Å². The third-order valence-corrected chi connectivity index (χ3v) is 2.84. The van der Waals surface area contributed by atoms with Gasteiger partial charge >= 0.3 is 0 Å². The highest BCUT2D eigenvalue weighted by Gasteiger charge is 2.08. The van der Waals surface area contributed by atoms with Crippen LogP contribution >= 0.6 is 27.5 Å². The average Bonchev–Trinajstić information content (AvgIpc) is 2.27. The van der Waals surface area contributed by atoms with Crippen molar-refractivity contribution in [2.45, 2.75) is 6.92 Å². The van der Waals surface area contributed by atoms with E-state index in [-0.39, 0.29) is 0 Å². The zero-order chi connectivity index (χ0) is 11.4. The predicted molar refractivity (Wildman–Crippen MR) is 67.4 cm³/mol. The molecule has 1 aromatic rings. The Bertz CT molecular complexity index is 472. The van der Waals surface area contributed by atoms with E-state index in [4.69, 9.17) is 16.9 Å². The molecule has 0 aliphatic rings. The van der Waals surface area contributed by atoms with Crippen LogP contribution in [-0.2, 0) is 0 Å². The summed E-state index contributed by atoms with van der Waals surface area (Å²) in [5.74, 6) is 0. The van der Waals surface area contributed by atoms with E-state index < -0.39 is 0 Å². The van der Waals surface area contributed by atoms with Gasteiger partial charge < -0.3 is 0 Å². The molecule has 4 heteroatoms. The van der Waals surface area contributed by atoms with Gasteiger partial charge in [-0.25, -0.2) is 0 Å². The van der Waals surface area contributed by atoms with Crippen LogP contribution in [0.25, 0.3) is 5.03 Å². The summed E-state index contributed by atoms with van der Waals surface area (Å²) in [6.07, 6.45) is 0. The summed E-state index contributed by atoms with van der Waals surface area (Å²) in [7, 11) is 0. The fraction of sp³-hybridized carbons (Fsp3) is 0.0909. The second kappa shape index (κ2) is 5.11. The molecule has 15 heavy (non-hydrogen) atoms. The minimum absolute atomic E-state index is 0.404. The lowest BCUT2D eigenvalue weighted by Crippen LogP contribution is -1.83. The van der Waals surface area contributed by atoms with Crippen molar-refractivity contribution in [1.29, 1.82) is 5.26 Å². The second-order valence-electron chi connectivity index (χ2n) is 2.87. The van der Waals surface area contributed by atoms with E-state index in [1.165, 1.54) is 0 Å². The molecule has 0 unspecified atom stereocenters. The summed E-state index contributed by atoms with van der Waals surface area (Å²) in [6, 6.07) is 7.45. The number of hydrogen-bond donors (Lipinski definition) is 0. The van der Waals surface area contributed by atoms with Gasteiger partial charge in [-0.05, 0) is 31.8 Å². The van der Waals surface area contributed by atoms with Crippen LogP contribution in [0.4, 0.5) is 5.69 Å². The largest absolute Gasteiger partial charge is 0.264 e. The molecule has 0 N–H and O–H groups in total. The topological polar surface area (TPSA) is 36.1 Å². The fourth-order valence-corrected chi connectivity index (χ4v) is 1.63. The zero-order valence-corrected chi connectivity index (χ0v) is 10.4. The van der Waals surface area contributed by atoms with Crippen LogP contribution in [0.1, 0.15) is 12.5 Å². The quantitative estimate of drug-likeness (QED) is 0.589. The van der Waals surface area contributed by atoms with Crippen LogP contribution in [0.15, 0.2) is 33.2 Å². The molecule has 0 radical (unpaired) electrons. The van der Waals surface area contributed by atoms with Crippen molar-refractivity contribution in [1.82, 2.24) is 0 Å². The molecule has 0 atom stereocenters. The lowest BCUT2D eigenvalue weighted by atomic mass is 10.1. The first kappa shape index (κ1) is 12.0. The SMILES string of the molecule is C=Nc1ccc(Br)cc1/C(Cl)=C(\C)C#N. The van der Waals surface area contributed by atoms with E-state index in [0.717, 1.165) is 4.47 Å². The fourth-order valence-electron chi connectivity index (χ4n) is 1.07. The van der Waals surface area contributed by atoms with Crippen LogP contribution in [-0.4, -0.2) is 6.72 Å². The number of halogens is 2. The van der Waals surface area contributed by atoms with Crippen molar-refractivity contribution >= 4 is 45.0 Å². The van der Waals surface area contributed by atoms with Gasteiger partial charge in [-0.1, -0.05) is 27.5 Å². The maximum Gasteiger partial charge on any atom is 0.0959 e. The van der Waals surface area contributed by atoms with Crippen LogP contribution in [0.3, 0.4) is 0 Å². The normalized spacial score (nSPS) is 11.6. The lowest BCUT2D eigenvalue weighted by molar-refractivity contribution is 1.44. The maximum atomic E-state index is 8.75. The molecule has 0 amide bonds. The molecule has 0 saturated heterocycles. The highest BCUT2D eigenvalue weighted by Crippen LogP contribution is 2.33. The molecule has 76 valence electrons. The summed E-state index contributed by atoms with van der Waals surface area (Å²) in [5.41, 5.74) is 1.83. The van der Waals surface area contributed by atoms with Gasteiger partial charge in [0.15, 0.2) is 0 Å². The van der Waals surface area contributed by atoms with Gasteiger partial charge in [-0.15, -0.1) is 0 Å². The Kier molecular flexibility index (Phi) is 4.07. The summed E-state index contributed by atoms with van der Waals surface area (Å²) >= 11 is 9.40. The molecule has 0 fully saturated rings. The number of allylic oxidation sites excluding steroid dienone is 1. The molecule has 0 saturated carbocycles. The first-order valence-corrected chi connectivity index (χ1v) is 5.30. The summed E-state index contributed by atoms with van der Waals surface area (Å²) in [6.45, 7) is 5.12. The minimum atomic E-state index is 0.404. The Balaban J connectivity index is 3.43. The first-order chi connectivity index (χ1) is 7.10. The molecular weight excluding hydrogens is 275 g/mol. The molecule has 0 bridgehead atoms. The van der Waals surface area contributed by atoms with E-state index in [1.807, 2.05) is 18.2 Å². The van der Waals surface area contributed by atoms with Crippen LogP contribution < -0.4 is 0 Å². The first-order valence-electron chi connectivity index (χ1n) is 4.13. The highest BCUT2D eigenvalue weighted by molar-refractivity contribution is 9.10. The van der Waals surface area contributed by atoms with E-state index in [2.05, 4.69) is 27.6 Å². The molecule has 0 spiro atoms. The average molecular weight is 284 g/mol. The molecule has 0 aliphatic carbocycles. The second-order valence-corrected chi connectivity index (χ2v) is 4.16. The molecule has 2 nitrogen and oxygen atoms in total. The Hall–Kier alpha value is -1.11. The smallest absolute Gasteiger partial charge is 0.0959 e. The Morgan fingerprint density at radius 2 is 2.27 bits per heavy atom. The van der Waals surface area contributed by atoms with E-state index >= 15 is 0 Å². The number of nitriles is 1. The zero-order valence-electron chi connectivity index (χ0n) is 8.09.